The van der Waals surface area contributed by atoms with Crippen LogP contribution in [-0.4, -0.2) is 70.5 Å². The predicted molar refractivity (Wildman–Crippen MR) is 121 cm³/mol. The fourth-order valence-electron chi connectivity index (χ4n) is 5.68. The van der Waals surface area contributed by atoms with Gasteiger partial charge in [0.05, 0.1) is 30.6 Å². The Balaban J connectivity index is 1.79. The number of alkyl halides is 1. The van der Waals surface area contributed by atoms with E-state index in [1.165, 1.54) is 11.9 Å². The summed E-state index contributed by atoms with van der Waals surface area (Å²) in [7, 11) is 1.54. The average Bonchev–Trinajstić information content (AvgIpc) is 3.38. The van der Waals surface area contributed by atoms with Gasteiger partial charge in [-0.2, -0.15) is 0 Å². The van der Waals surface area contributed by atoms with Gasteiger partial charge in [0.1, 0.15) is 11.6 Å². The number of benzene rings is 1. The normalized spacial score (nSPS) is 33.8. The number of nitrogens with one attached hydrogen (secondary N) is 2. The van der Waals surface area contributed by atoms with Crippen molar-refractivity contribution in [1.29, 1.82) is 0 Å². The second kappa shape index (κ2) is 9.11. The highest BCUT2D eigenvalue weighted by Crippen LogP contribution is 2.61. The molecule has 0 aliphatic carbocycles. The third-order valence-electron chi connectivity index (χ3n) is 7.05. The number of ether oxygens (including phenoxy) is 1. The zero-order valence-corrected chi connectivity index (χ0v) is 19.9. The standard InChI is InChI=1S/C23H30BrN3O5/c1-3-4-10-26-21(30)19-23-11-14(24)18(32-23)16(20(29)25-2)17(23)22(31)27(19)15(12-28)13-8-6-5-7-9-13/h5-9,14-19,28H,3-4,10-12H2,1-2H3,(H,25,29)(H,26,30)/t14?,15-,16-,17+,18-,19?,23?/m1/s1. The third kappa shape index (κ3) is 3.45. The van der Waals surface area contributed by atoms with Crippen LogP contribution in [0.2, 0.25) is 0 Å². The summed E-state index contributed by atoms with van der Waals surface area (Å²) in [5, 5.41) is 15.9. The van der Waals surface area contributed by atoms with Crippen LogP contribution < -0.4 is 10.6 Å². The predicted octanol–water partition coefficient (Wildman–Crippen LogP) is 1.13. The van der Waals surface area contributed by atoms with Crippen molar-refractivity contribution in [2.75, 3.05) is 20.2 Å². The molecular weight excluding hydrogens is 478 g/mol. The lowest BCUT2D eigenvalue weighted by Crippen LogP contribution is -2.56. The summed E-state index contributed by atoms with van der Waals surface area (Å²) in [6.45, 7) is 2.18. The first-order chi connectivity index (χ1) is 15.4. The van der Waals surface area contributed by atoms with Crippen molar-refractivity contribution in [1.82, 2.24) is 15.5 Å². The molecule has 1 aromatic carbocycles. The van der Waals surface area contributed by atoms with Gasteiger partial charge in [-0.15, -0.1) is 0 Å². The first-order valence-electron chi connectivity index (χ1n) is 11.2. The van der Waals surface area contributed by atoms with Crippen LogP contribution in [0, 0.1) is 11.8 Å². The molecule has 3 heterocycles. The number of hydrogen-bond donors (Lipinski definition) is 3. The maximum absolute atomic E-state index is 13.9. The van der Waals surface area contributed by atoms with Crippen molar-refractivity contribution in [3.63, 3.8) is 0 Å². The summed E-state index contributed by atoms with van der Waals surface area (Å²) in [6.07, 6.45) is 1.69. The Morgan fingerprint density at radius 1 is 1.31 bits per heavy atom. The zero-order valence-electron chi connectivity index (χ0n) is 18.3. The summed E-state index contributed by atoms with van der Waals surface area (Å²) >= 11 is 3.63. The molecule has 7 atom stereocenters. The summed E-state index contributed by atoms with van der Waals surface area (Å²) in [4.78, 5) is 41.5. The number of amides is 3. The van der Waals surface area contributed by atoms with Gasteiger partial charge < -0.3 is 25.4 Å². The highest BCUT2D eigenvalue weighted by atomic mass is 79.9. The van der Waals surface area contributed by atoms with Crippen LogP contribution in [0.25, 0.3) is 0 Å². The number of nitrogens with zero attached hydrogens (tertiary/aromatic N) is 1. The first kappa shape index (κ1) is 23.2. The van der Waals surface area contributed by atoms with Crippen LogP contribution in [0.4, 0.5) is 0 Å². The van der Waals surface area contributed by atoms with Crippen LogP contribution >= 0.6 is 15.9 Å². The van der Waals surface area contributed by atoms with E-state index in [2.05, 4.69) is 26.6 Å². The van der Waals surface area contributed by atoms with E-state index in [1.807, 2.05) is 37.3 Å². The molecule has 8 nitrogen and oxygen atoms in total. The number of rotatable bonds is 8. The van der Waals surface area contributed by atoms with Crippen molar-refractivity contribution < 1.29 is 24.2 Å². The molecule has 0 aromatic heterocycles. The molecule has 3 N–H and O–H groups in total. The first-order valence-corrected chi connectivity index (χ1v) is 12.1. The minimum absolute atomic E-state index is 0.149. The second-order valence-corrected chi connectivity index (χ2v) is 9.95. The summed E-state index contributed by atoms with van der Waals surface area (Å²) in [6, 6.07) is 7.52. The van der Waals surface area contributed by atoms with Crippen molar-refractivity contribution in [3.05, 3.63) is 35.9 Å². The molecule has 0 radical (unpaired) electrons. The van der Waals surface area contributed by atoms with E-state index < -0.39 is 35.6 Å². The lowest BCUT2D eigenvalue weighted by atomic mass is 9.70. The number of aliphatic hydroxyl groups is 1. The Morgan fingerprint density at radius 2 is 2.03 bits per heavy atom. The van der Waals surface area contributed by atoms with Gasteiger partial charge >= 0.3 is 0 Å². The monoisotopic (exact) mass is 507 g/mol. The number of aliphatic hydroxyl groups excluding tert-OH is 1. The highest BCUT2D eigenvalue weighted by molar-refractivity contribution is 9.09. The molecule has 9 heteroatoms. The van der Waals surface area contributed by atoms with Gasteiger partial charge in [0.15, 0.2) is 0 Å². The van der Waals surface area contributed by atoms with Gasteiger partial charge in [-0.25, -0.2) is 0 Å². The lowest BCUT2D eigenvalue weighted by molar-refractivity contribution is -0.145. The van der Waals surface area contributed by atoms with Gasteiger partial charge in [-0.3, -0.25) is 14.4 Å². The van der Waals surface area contributed by atoms with Crippen molar-refractivity contribution in [2.45, 2.75) is 54.8 Å². The number of likely N-dealkylation sites (tertiary alicyclic amines) is 1. The minimum Gasteiger partial charge on any atom is -0.394 e. The van der Waals surface area contributed by atoms with Gasteiger partial charge in [0.2, 0.25) is 17.7 Å². The Labute approximate surface area is 196 Å². The zero-order chi connectivity index (χ0) is 23.0. The largest absolute Gasteiger partial charge is 0.394 e. The van der Waals surface area contributed by atoms with E-state index in [4.69, 9.17) is 4.74 Å². The Kier molecular flexibility index (Phi) is 6.61. The Bertz CT molecular complexity index is 884. The lowest BCUT2D eigenvalue weighted by Gasteiger charge is -2.37. The van der Waals surface area contributed by atoms with Crippen molar-refractivity contribution in [2.24, 2.45) is 11.8 Å². The van der Waals surface area contributed by atoms with Crippen molar-refractivity contribution in [3.8, 4) is 0 Å². The fourth-order valence-corrected chi connectivity index (χ4v) is 6.63. The second-order valence-electron chi connectivity index (χ2n) is 8.78. The van der Waals surface area contributed by atoms with Crippen LogP contribution in [0.3, 0.4) is 0 Å². The molecule has 3 fully saturated rings. The molecule has 1 spiro atoms. The Hall–Kier alpha value is -1.97. The quantitative estimate of drug-likeness (QED) is 0.361. The third-order valence-corrected chi connectivity index (χ3v) is 7.89. The number of carbonyl (C=O) groups excluding carboxylic acids is 3. The van der Waals surface area contributed by atoms with E-state index in [-0.39, 0.29) is 29.2 Å². The fraction of sp³-hybridized carbons (Fsp3) is 0.609. The van der Waals surface area contributed by atoms with E-state index >= 15 is 0 Å². The van der Waals surface area contributed by atoms with E-state index in [1.54, 1.807) is 0 Å². The number of carbonyl (C=O) groups is 3. The molecule has 2 bridgehead atoms. The van der Waals surface area contributed by atoms with Crippen LogP contribution in [0.5, 0.6) is 0 Å². The van der Waals surface area contributed by atoms with Crippen LogP contribution in [0.1, 0.15) is 37.8 Å². The molecule has 4 rings (SSSR count). The highest BCUT2D eigenvalue weighted by Gasteiger charge is 2.77. The molecular formula is C23H30BrN3O5. The van der Waals surface area contributed by atoms with E-state index in [0.717, 1.165) is 18.4 Å². The minimum atomic E-state index is -1.12. The molecule has 3 unspecified atom stereocenters. The molecule has 0 saturated carbocycles. The maximum atomic E-state index is 13.9. The Morgan fingerprint density at radius 3 is 2.66 bits per heavy atom. The number of unbranched alkanes of at least 4 members (excludes halogenated alkanes) is 1. The molecule has 3 aliphatic rings. The van der Waals surface area contributed by atoms with E-state index in [0.29, 0.717) is 13.0 Å². The molecule has 174 valence electrons. The SMILES string of the molecule is CCCCNC(=O)C1N([C@H](CO)c2ccccc2)C(=O)[C@@H]2[C@@H](C(=O)NC)[C@@H]3OC12CC3Br. The topological polar surface area (TPSA) is 108 Å². The summed E-state index contributed by atoms with van der Waals surface area (Å²) in [5.74, 6) is -2.37. The number of hydrogen-bond acceptors (Lipinski definition) is 5. The summed E-state index contributed by atoms with van der Waals surface area (Å²) in [5.41, 5.74) is -0.390. The van der Waals surface area contributed by atoms with Gasteiger partial charge in [-0.1, -0.05) is 59.6 Å². The number of halogens is 1. The van der Waals surface area contributed by atoms with Crippen LogP contribution in [-0.2, 0) is 19.1 Å². The van der Waals surface area contributed by atoms with Gasteiger partial charge in [0.25, 0.3) is 0 Å². The maximum Gasteiger partial charge on any atom is 0.245 e. The molecule has 3 aliphatic heterocycles. The molecule has 32 heavy (non-hydrogen) atoms. The smallest absolute Gasteiger partial charge is 0.245 e. The van der Waals surface area contributed by atoms with E-state index in [9.17, 15) is 19.5 Å². The van der Waals surface area contributed by atoms with Gasteiger partial charge in [-0.05, 0) is 18.4 Å². The van der Waals surface area contributed by atoms with Gasteiger partial charge in [0, 0.05) is 18.4 Å². The molecule has 3 amide bonds. The number of fused-ring (bicyclic) bond motifs is 1. The molecule has 3 saturated heterocycles. The molecule has 1 aromatic rings. The average molecular weight is 508 g/mol. The van der Waals surface area contributed by atoms with Crippen LogP contribution in [0.15, 0.2) is 30.3 Å². The van der Waals surface area contributed by atoms with Crippen molar-refractivity contribution >= 4 is 33.7 Å². The summed E-state index contributed by atoms with van der Waals surface area (Å²) < 4.78 is 6.39.